The maximum Gasteiger partial charge on any atom is 0.318 e. The number of likely N-dealkylation sites (tertiary alicyclic amines) is 1. The number of rotatable bonds is 6. The van der Waals surface area contributed by atoms with Crippen LogP contribution in [0.15, 0.2) is 60.7 Å². The number of carbonyl (C=O) groups excluding carboxylic acids is 1. The van der Waals surface area contributed by atoms with Crippen LogP contribution < -0.4 is 0 Å². The van der Waals surface area contributed by atoms with Gasteiger partial charge in [-0.15, -0.1) is 12.4 Å². The molecule has 2 aromatic carbocycles. The van der Waals surface area contributed by atoms with Gasteiger partial charge in [0.05, 0.1) is 0 Å². The monoisotopic (exact) mass is 359 g/mol. The zero-order valence-corrected chi connectivity index (χ0v) is 15.5. The van der Waals surface area contributed by atoms with Crippen LogP contribution in [0.25, 0.3) is 0 Å². The molecule has 3 rings (SSSR count). The van der Waals surface area contributed by atoms with Crippen molar-refractivity contribution in [2.75, 3.05) is 19.6 Å². The van der Waals surface area contributed by atoms with Crippen molar-refractivity contribution in [1.82, 2.24) is 4.90 Å². The van der Waals surface area contributed by atoms with Gasteiger partial charge < -0.3 is 4.74 Å². The minimum atomic E-state index is -0.367. The van der Waals surface area contributed by atoms with Gasteiger partial charge in [-0.1, -0.05) is 60.7 Å². The molecule has 1 atom stereocenters. The lowest BCUT2D eigenvalue weighted by molar-refractivity contribution is -0.149. The summed E-state index contributed by atoms with van der Waals surface area (Å²) in [6.07, 6.45) is 2.40. The van der Waals surface area contributed by atoms with Crippen molar-refractivity contribution in [2.45, 2.75) is 31.8 Å². The molecule has 1 fully saturated rings. The van der Waals surface area contributed by atoms with E-state index in [4.69, 9.17) is 4.74 Å². The summed E-state index contributed by atoms with van der Waals surface area (Å²) in [5.41, 5.74) is 1.95. The van der Waals surface area contributed by atoms with Gasteiger partial charge in [-0.3, -0.25) is 9.69 Å². The van der Waals surface area contributed by atoms with Crippen LogP contribution in [0.5, 0.6) is 0 Å². The first-order valence-corrected chi connectivity index (χ1v) is 8.77. The lowest BCUT2D eigenvalue weighted by atomic mass is 9.91. The van der Waals surface area contributed by atoms with Crippen LogP contribution >= 0.6 is 12.4 Å². The molecule has 1 heterocycles. The molecule has 4 heteroatoms. The molecule has 0 N–H and O–H groups in total. The molecule has 0 amide bonds. The molecule has 25 heavy (non-hydrogen) atoms. The van der Waals surface area contributed by atoms with E-state index in [-0.39, 0.29) is 30.4 Å². The normalized spacial score (nSPS) is 15.6. The van der Waals surface area contributed by atoms with Crippen molar-refractivity contribution in [1.29, 1.82) is 0 Å². The van der Waals surface area contributed by atoms with Crippen molar-refractivity contribution in [2.24, 2.45) is 0 Å². The first-order valence-electron chi connectivity index (χ1n) is 8.77. The van der Waals surface area contributed by atoms with E-state index in [1.807, 2.05) is 67.6 Å². The number of carbonyl (C=O) groups is 1. The second kappa shape index (κ2) is 9.59. The van der Waals surface area contributed by atoms with Crippen LogP contribution in [0.1, 0.15) is 36.8 Å². The van der Waals surface area contributed by atoms with Crippen LogP contribution in [-0.4, -0.2) is 36.6 Å². The summed E-state index contributed by atoms with van der Waals surface area (Å²) in [5.74, 6) is -0.535. The summed E-state index contributed by atoms with van der Waals surface area (Å²) in [6.45, 7) is 5.04. The highest BCUT2D eigenvalue weighted by Crippen LogP contribution is 2.26. The second-order valence-electron chi connectivity index (χ2n) is 6.51. The third-order valence-corrected chi connectivity index (χ3v) is 4.53. The van der Waals surface area contributed by atoms with E-state index in [0.29, 0.717) is 0 Å². The van der Waals surface area contributed by atoms with E-state index in [1.165, 1.54) is 12.8 Å². The van der Waals surface area contributed by atoms with Gasteiger partial charge in [0.2, 0.25) is 0 Å². The first kappa shape index (κ1) is 19.5. The van der Waals surface area contributed by atoms with Gasteiger partial charge in [-0.2, -0.15) is 0 Å². The Hall–Kier alpha value is -1.84. The van der Waals surface area contributed by atoms with Crippen LogP contribution in [0.2, 0.25) is 0 Å². The van der Waals surface area contributed by atoms with Crippen molar-refractivity contribution in [3.63, 3.8) is 0 Å². The molecule has 0 radical (unpaired) electrons. The number of ether oxygens (including phenoxy) is 1. The quantitative estimate of drug-likeness (QED) is 0.721. The van der Waals surface area contributed by atoms with E-state index < -0.39 is 0 Å². The summed E-state index contributed by atoms with van der Waals surface area (Å²) in [5, 5.41) is 0. The number of halogens is 1. The summed E-state index contributed by atoms with van der Waals surface area (Å²) in [6, 6.07) is 19.7. The average molecular weight is 360 g/mol. The van der Waals surface area contributed by atoms with Gasteiger partial charge >= 0.3 is 5.97 Å². The van der Waals surface area contributed by atoms with Crippen LogP contribution in [0.4, 0.5) is 0 Å². The van der Waals surface area contributed by atoms with Gasteiger partial charge in [0, 0.05) is 6.54 Å². The number of benzene rings is 2. The highest BCUT2D eigenvalue weighted by molar-refractivity contribution is 5.85. The summed E-state index contributed by atoms with van der Waals surface area (Å²) in [4.78, 5) is 15.3. The molecule has 3 nitrogen and oxygen atoms in total. The van der Waals surface area contributed by atoms with Crippen molar-refractivity contribution < 1.29 is 9.53 Å². The third-order valence-electron chi connectivity index (χ3n) is 4.53. The standard InChI is InChI=1S/C21H25NO2.ClH/c1-17(16-22-14-8-9-15-22)24-21(23)20(18-10-4-2-5-11-18)19-12-6-3-7-13-19;/h2-7,10-13,17,20H,8-9,14-16H2,1H3;1H. The highest BCUT2D eigenvalue weighted by atomic mass is 35.5. The fourth-order valence-electron chi connectivity index (χ4n) is 3.39. The fraction of sp³-hybridized carbons (Fsp3) is 0.381. The van der Waals surface area contributed by atoms with Crippen LogP contribution in [0, 0.1) is 0 Å². The molecule has 0 aromatic heterocycles. The Morgan fingerprint density at radius 3 is 1.92 bits per heavy atom. The van der Waals surface area contributed by atoms with Crippen molar-refractivity contribution >= 4 is 18.4 Å². The van der Waals surface area contributed by atoms with E-state index in [0.717, 1.165) is 30.8 Å². The maximum absolute atomic E-state index is 12.9. The molecule has 0 spiro atoms. The number of esters is 1. The van der Waals surface area contributed by atoms with Crippen LogP contribution in [0.3, 0.4) is 0 Å². The minimum absolute atomic E-state index is 0. The van der Waals surface area contributed by atoms with Crippen molar-refractivity contribution in [3.05, 3.63) is 71.8 Å². The fourth-order valence-corrected chi connectivity index (χ4v) is 3.39. The molecular formula is C21H26ClNO2. The Kier molecular flexibility index (Phi) is 7.48. The molecule has 0 aliphatic carbocycles. The SMILES string of the molecule is CC(CN1CCCC1)OC(=O)C(c1ccccc1)c1ccccc1.Cl. The van der Waals surface area contributed by atoms with Gasteiger partial charge in [0.25, 0.3) is 0 Å². The maximum atomic E-state index is 12.9. The predicted octanol–water partition coefficient (Wildman–Crippen LogP) is 4.27. The first-order chi connectivity index (χ1) is 11.7. The van der Waals surface area contributed by atoms with Gasteiger partial charge in [0.15, 0.2) is 0 Å². The topological polar surface area (TPSA) is 29.5 Å². The Labute approximate surface area is 156 Å². The summed E-state index contributed by atoms with van der Waals surface area (Å²) in [7, 11) is 0. The van der Waals surface area contributed by atoms with E-state index in [2.05, 4.69) is 4.90 Å². The summed E-state index contributed by atoms with van der Waals surface area (Å²) >= 11 is 0. The van der Waals surface area contributed by atoms with Crippen molar-refractivity contribution in [3.8, 4) is 0 Å². The molecule has 2 aromatic rings. The van der Waals surface area contributed by atoms with Gasteiger partial charge in [-0.05, 0) is 44.0 Å². The average Bonchev–Trinajstić information content (AvgIpc) is 3.10. The smallest absolute Gasteiger partial charge is 0.318 e. The Bertz CT molecular complexity index is 602. The van der Waals surface area contributed by atoms with Gasteiger partial charge in [-0.25, -0.2) is 0 Å². The molecule has 0 bridgehead atoms. The van der Waals surface area contributed by atoms with E-state index >= 15 is 0 Å². The molecular weight excluding hydrogens is 334 g/mol. The summed E-state index contributed by atoms with van der Waals surface area (Å²) < 4.78 is 5.80. The Morgan fingerprint density at radius 1 is 0.960 bits per heavy atom. The number of hydrogen-bond acceptors (Lipinski definition) is 3. The molecule has 134 valence electrons. The zero-order chi connectivity index (χ0) is 16.8. The third kappa shape index (κ3) is 5.32. The zero-order valence-electron chi connectivity index (χ0n) is 14.6. The Balaban J connectivity index is 0.00000225. The molecule has 0 saturated carbocycles. The lowest BCUT2D eigenvalue weighted by Crippen LogP contribution is -2.33. The van der Waals surface area contributed by atoms with Gasteiger partial charge in [0.1, 0.15) is 12.0 Å². The highest BCUT2D eigenvalue weighted by Gasteiger charge is 2.26. The second-order valence-corrected chi connectivity index (χ2v) is 6.51. The molecule has 1 aliphatic heterocycles. The van der Waals surface area contributed by atoms with Crippen LogP contribution in [-0.2, 0) is 9.53 Å². The van der Waals surface area contributed by atoms with E-state index in [9.17, 15) is 4.79 Å². The molecule has 1 aliphatic rings. The minimum Gasteiger partial charge on any atom is -0.461 e. The van der Waals surface area contributed by atoms with E-state index in [1.54, 1.807) is 0 Å². The lowest BCUT2D eigenvalue weighted by Gasteiger charge is -2.23. The number of nitrogens with zero attached hydrogens (tertiary/aromatic N) is 1. The number of hydrogen-bond donors (Lipinski definition) is 0. The Morgan fingerprint density at radius 2 is 1.44 bits per heavy atom. The molecule has 1 saturated heterocycles. The largest absolute Gasteiger partial charge is 0.461 e. The molecule has 1 unspecified atom stereocenters. The predicted molar refractivity (Wildman–Crippen MR) is 103 cm³/mol.